The van der Waals surface area contributed by atoms with Gasteiger partial charge in [0.15, 0.2) is 0 Å². The zero-order chi connectivity index (χ0) is 15.3. The van der Waals surface area contributed by atoms with Gasteiger partial charge in [-0.05, 0) is 36.2 Å². The number of carbonyl (C=O) groups is 3. The maximum atomic E-state index is 12.5. The molecule has 22 heavy (non-hydrogen) atoms. The van der Waals surface area contributed by atoms with E-state index in [-0.39, 0.29) is 17.7 Å². The Morgan fingerprint density at radius 1 is 0.864 bits per heavy atom. The molecule has 1 N–H and O–H groups in total. The van der Waals surface area contributed by atoms with E-state index in [1.165, 1.54) is 0 Å². The summed E-state index contributed by atoms with van der Waals surface area (Å²) in [6, 6.07) is 12.1. The lowest BCUT2D eigenvalue weighted by Crippen LogP contribution is -2.29. The van der Waals surface area contributed by atoms with Crippen molar-refractivity contribution in [3.05, 3.63) is 59.2 Å². The molecule has 0 aromatic heterocycles. The van der Waals surface area contributed by atoms with Crippen molar-refractivity contribution in [2.24, 2.45) is 0 Å². The molecule has 0 atom stereocenters. The van der Waals surface area contributed by atoms with Gasteiger partial charge in [0.05, 0.1) is 16.8 Å². The Morgan fingerprint density at radius 3 is 2.23 bits per heavy atom. The van der Waals surface area contributed by atoms with Crippen molar-refractivity contribution in [2.45, 2.75) is 12.8 Å². The molecule has 2 aromatic rings. The highest BCUT2D eigenvalue weighted by atomic mass is 16.2. The molecule has 5 nitrogen and oxygen atoms in total. The molecule has 3 amide bonds. The minimum absolute atomic E-state index is 0.0491. The SMILES string of the molecule is O=C1CCc2ccc(N3C(=O)c4ccccc4C3=O)cc2N1. The molecule has 4 rings (SSSR count). The van der Waals surface area contributed by atoms with Crippen molar-refractivity contribution in [1.82, 2.24) is 0 Å². The molecule has 0 bridgehead atoms. The third kappa shape index (κ3) is 1.75. The first-order valence-electron chi connectivity index (χ1n) is 7.06. The Morgan fingerprint density at radius 2 is 1.55 bits per heavy atom. The van der Waals surface area contributed by atoms with E-state index in [1.54, 1.807) is 36.4 Å². The summed E-state index contributed by atoms with van der Waals surface area (Å²) in [6.45, 7) is 0. The van der Waals surface area contributed by atoms with E-state index in [1.807, 2.05) is 6.07 Å². The molecular formula is C17H12N2O3. The van der Waals surface area contributed by atoms with Crippen LogP contribution in [0, 0.1) is 0 Å². The highest BCUT2D eigenvalue weighted by molar-refractivity contribution is 6.34. The minimum Gasteiger partial charge on any atom is -0.326 e. The lowest BCUT2D eigenvalue weighted by atomic mass is 10.0. The van der Waals surface area contributed by atoms with Gasteiger partial charge in [0.2, 0.25) is 5.91 Å². The predicted octanol–water partition coefficient (Wildman–Crippen LogP) is 2.37. The Labute approximate surface area is 126 Å². The smallest absolute Gasteiger partial charge is 0.266 e. The van der Waals surface area contributed by atoms with Gasteiger partial charge in [-0.25, -0.2) is 4.90 Å². The summed E-state index contributed by atoms with van der Waals surface area (Å²) in [4.78, 5) is 37.6. The van der Waals surface area contributed by atoms with Gasteiger partial charge in [-0.1, -0.05) is 18.2 Å². The predicted molar refractivity (Wildman–Crippen MR) is 81.0 cm³/mol. The lowest BCUT2D eigenvalue weighted by Gasteiger charge is -2.20. The van der Waals surface area contributed by atoms with Gasteiger partial charge in [0.25, 0.3) is 11.8 Å². The first kappa shape index (κ1) is 12.8. The van der Waals surface area contributed by atoms with Crippen molar-refractivity contribution < 1.29 is 14.4 Å². The number of nitrogens with one attached hydrogen (secondary N) is 1. The average molecular weight is 292 g/mol. The fourth-order valence-corrected chi connectivity index (χ4v) is 2.92. The van der Waals surface area contributed by atoms with Crippen molar-refractivity contribution in [3.8, 4) is 0 Å². The molecule has 2 heterocycles. The summed E-state index contributed by atoms with van der Waals surface area (Å²) in [5.41, 5.74) is 2.99. The molecule has 0 spiro atoms. The van der Waals surface area contributed by atoms with Crippen LogP contribution in [0.4, 0.5) is 11.4 Å². The second kappa shape index (κ2) is 4.53. The van der Waals surface area contributed by atoms with Gasteiger partial charge < -0.3 is 5.32 Å². The van der Waals surface area contributed by atoms with Crippen LogP contribution in [0.2, 0.25) is 0 Å². The summed E-state index contributed by atoms with van der Waals surface area (Å²) in [5.74, 6) is -0.711. The average Bonchev–Trinajstić information content (AvgIpc) is 2.79. The van der Waals surface area contributed by atoms with Crippen LogP contribution in [-0.2, 0) is 11.2 Å². The molecule has 0 saturated carbocycles. The summed E-state index contributed by atoms with van der Waals surface area (Å²) in [7, 11) is 0. The number of rotatable bonds is 1. The lowest BCUT2D eigenvalue weighted by molar-refractivity contribution is -0.116. The van der Waals surface area contributed by atoms with E-state index >= 15 is 0 Å². The van der Waals surface area contributed by atoms with Gasteiger partial charge in [-0.3, -0.25) is 14.4 Å². The molecule has 2 aliphatic heterocycles. The van der Waals surface area contributed by atoms with E-state index in [2.05, 4.69) is 5.32 Å². The van der Waals surface area contributed by atoms with Crippen molar-refractivity contribution in [1.29, 1.82) is 0 Å². The second-order valence-electron chi connectivity index (χ2n) is 5.38. The number of benzene rings is 2. The van der Waals surface area contributed by atoms with Crippen LogP contribution >= 0.6 is 0 Å². The zero-order valence-corrected chi connectivity index (χ0v) is 11.6. The van der Waals surface area contributed by atoms with Crippen LogP contribution in [0.15, 0.2) is 42.5 Å². The van der Waals surface area contributed by atoms with Crippen molar-refractivity contribution in [3.63, 3.8) is 0 Å². The number of carbonyl (C=O) groups excluding carboxylic acids is 3. The maximum absolute atomic E-state index is 12.5. The van der Waals surface area contributed by atoms with Crippen LogP contribution in [0.3, 0.4) is 0 Å². The first-order chi connectivity index (χ1) is 10.6. The Balaban J connectivity index is 1.78. The quantitative estimate of drug-likeness (QED) is 0.821. The number of aryl methyl sites for hydroxylation is 1. The molecule has 108 valence electrons. The molecule has 5 heteroatoms. The fraction of sp³-hybridized carbons (Fsp3) is 0.118. The molecule has 2 aromatic carbocycles. The topological polar surface area (TPSA) is 66.5 Å². The molecule has 0 unspecified atom stereocenters. The summed E-state index contributed by atoms with van der Waals surface area (Å²) in [6.07, 6.45) is 1.13. The van der Waals surface area contributed by atoms with E-state index in [0.717, 1.165) is 10.5 Å². The third-order valence-electron chi connectivity index (χ3n) is 4.04. The number of imide groups is 1. The van der Waals surface area contributed by atoms with Gasteiger partial charge in [-0.15, -0.1) is 0 Å². The van der Waals surface area contributed by atoms with E-state index in [0.29, 0.717) is 35.3 Å². The largest absolute Gasteiger partial charge is 0.326 e. The normalized spacial score (nSPS) is 16.4. The summed E-state index contributed by atoms with van der Waals surface area (Å²) in [5, 5.41) is 2.79. The highest BCUT2D eigenvalue weighted by Crippen LogP contribution is 2.32. The molecule has 2 aliphatic rings. The van der Waals surface area contributed by atoms with Crippen LogP contribution in [0.1, 0.15) is 32.7 Å². The van der Waals surface area contributed by atoms with Crippen LogP contribution in [0.25, 0.3) is 0 Å². The Bertz CT molecular complexity index is 807. The standard InChI is InChI=1S/C17H12N2O3/c20-15-8-6-10-5-7-11(9-14(10)18-15)19-16(21)12-3-1-2-4-13(12)17(19)22/h1-5,7,9H,6,8H2,(H,18,20). The maximum Gasteiger partial charge on any atom is 0.266 e. The number of hydrogen-bond acceptors (Lipinski definition) is 3. The Hall–Kier alpha value is -2.95. The van der Waals surface area contributed by atoms with E-state index < -0.39 is 0 Å². The summed E-state index contributed by atoms with van der Waals surface area (Å²) < 4.78 is 0. The van der Waals surface area contributed by atoms with E-state index in [9.17, 15) is 14.4 Å². The Kier molecular flexibility index (Phi) is 2.63. The van der Waals surface area contributed by atoms with Crippen LogP contribution in [0.5, 0.6) is 0 Å². The number of anilines is 2. The van der Waals surface area contributed by atoms with Crippen molar-refractivity contribution in [2.75, 3.05) is 10.2 Å². The van der Waals surface area contributed by atoms with Gasteiger partial charge in [0, 0.05) is 12.1 Å². The fourth-order valence-electron chi connectivity index (χ4n) is 2.92. The molecule has 0 saturated heterocycles. The number of amides is 3. The first-order valence-corrected chi connectivity index (χ1v) is 7.06. The molecular weight excluding hydrogens is 280 g/mol. The van der Waals surface area contributed by atoms with E-state index in [4.69, 9.17) is 0 Å². The van der Waals surface area contributed by atoms with Gasteiger partial charge in [0.1, 0.15) is 0 Å². The zero-order valence-electron chi connectivity index (χ0n) is 11.6. The van der Waals surface area contributed by atoms with Crippen LogP contribution in [-0.4, -0.2) is 17.7 Å². The second-order valence-corrected chi connectivity index (χ2v) is 5.38. The summed E-state index contributed by atoms with van der Waals surface area (Å²) >= 11 is 0. The number of fused-ring (bicyclic) bond motifs is 2. The molecule has 0 fully saturated rings. The number of nitrogens with zero attached hydrogens (tertiary/aromatic N) is 1. The van der Waals surface area contributed by atoms with Gasteiger partial charge in [-0.2, -0.15) is 0 Å². The minimum atomic E-state index is -0.331. The van der Waals surface area contributed by atoms with Gasteiger partial charge >= 0.3 is 0 Å². The monoisotopic (exact) mass is 292 g/mol. The highest BCUT2D eigenvalue weighted by Gasteiger charge is 2.36. The number of hydrogen-bond donors (Lipinski definition) is 1. The molecule has 0 aliphatic carbocycles. The third-order valence-corrected chi connectivity index (χ3v) is 4.04. The van der Waals surface area contributed by atoms with Crippen molar-refractivity contribution >= 4 is 29.1 Å². The van der Waals surface area contributed by atoms with Crippen LogP contribution < -0.4 is 10.2 Å². The molecule has 0 radical (unpaired) electrons.